The molecular weight excluding hydrogens is 278 g/mol. The average Bonchev–Trinajstić information content (AvgIpc) is 2.52. The molecule has 0 unspecified atom stereocenters. The first kappa shape index (κ1) is 15.0. The number of likely N-dealkylation sites (tertiary alicyclic amines) is 2. The molecule has 0 aliphatic carbocycles. The maximum atomic E-state index is 12.5. The molecule has 2 fully saturated rings. The molecule has 3 rings (SSSR count). The highest BCUT2D eigenvalue weighted by Crippen LogP contribution is 2.39. The van der Waals surface area contributed by atoms with Crippen LogP contribution in [0.3, 0.4) is 0 Å². The highest BCUT2D eigenvalue weighted by Gasteiger charge is 2.40. The molecule has 118 valence electrons. The molecule has 1 aromatic rings. The Hall–Kier alpha value is -1.91. The SMILES string of the molecule is Cc1cccc(C(=O)N2CCC3(CCC(=O)N(C)C3)CC2)n1. The highest BCUT2D eigenvalue weighted by molar-refractivity contribution is 5.92. The lowest BCUT2D eigenvalue weighted by molar-refractivity contribution is -0.137. The molecule has 0 radical (unpaired) electrons. The summed E-state index contributed by atoms with van der Waals surface area (Å²) in [6, 6.07) is 5.56. The Bertz CT molecular complexity index is 591. The summed E-state index contributed by atoms with van der Waals surface area (Å²) in [6.07, 6.45) is 3.55. The second kappa shape index (κ2) is 5.71. The summed E-state index contributed by atoms with van der Waals surface area (Å²) in [6.45, 7) is 4.25. The van der Waals surface area contributed by atoms with Crippen LogP contribution in [0.5, 0.6) is 0 Å². The Labute approximate surface area is 131 Å². The van der Waals surface area contributed by atoms with Crippen LogP contribution in [-0.4, -0.2) is 53.3 Å². The van der Waals surface area contributed by atoms with Gasteiger partial charge in [-0.15, -0.1) is 0 Å². The average molecular weight is 301 g/mol. The number of carbonyl (C=O) groups is 2. The van der Waals surface area contributed by atoms with Crippen molar-refractivity contribution in [3.05, 3.63) is 29.6 Å². The van der Waals surface area contributed by atoms with Gasteiger partial charge >= 0.3 is 0 Å². The van der Waals surface area contributed by atoms with Crippen molar-refractivity contribution in [3.8, 4) is 0 Å². The summed E-state index contributed by atoms with van der Waals surface area (Å²) in [5.74, 6) is 0.270. The van der Waals surface area contributed by atoms with Gasteiger partial charge in [0.1, 0.15) is 5.69 Å². The van der Waals surface area contributed by atoms with Crippen molar-refractivity contribution < 1.29 is 9.59 Å². The zero-order valence-corrected chi connectivity index (χ0v) is 13.3. The second-order valence-corrected chi connectivity index (χ2v) is 6.71. The van der Waals surface area contributed by atoms with Gasteiger partial charge < -0.3 is 9.80 Å². The largest absolute Gasteiger partial charge is 0.345 e. The fourth-order valence-corrected chi connectivity index (χ4v) is 3.65. The molecule has 0 saturated carbocycles. The van der Waals surface area contributed by atoms with E-state index >= 15 is 0 Å². The van der Waals surface area contributed by atoms with Gasteiger partial charge in [0.05, 0.1) is 0 Å². The van der Waals surface area contributed by atoms with E-state index in [2.05, 4.69) is 4.98 Å². The summed E-state index contributed by atoms with van der Waals surface area (Å²) in [7, 11) is 1.89. The molecule has 2 amide bonds. The number of aromatic nitrogens is 1. The number of nitrogens with zero attached hydrogens (tertiary/aromatic N) is 3. The minimum absolute atomic E-state index is 0.0267. The minimum atomic E-state index is 0.0267. The van der Waals surface area contributed by atoms with Crippen LogP contribution in [0, 0.1) is 12.3 Å². The van der Waals surface area contributed by atoms with Crippen LogP contribution in [0.1, 0.15) is 41.9 Å². The van der Waals surface area contributed by atoms with E-state index in [9.17, 15) is 9.59 Å². The Morgan fingerprint density at radius 2 is 1.95 bits per heavy atom. The van der Waals surface area contributed by atoms with E-state index in [1.807, 2.05) is 35.9 Å². The Kier molecular flexibility index (Phi) is 3.89. The fourth-order valence-electron chi connectivity index (χ4n) is 3.65. The summed E-state index contributed by atoms with van der Waals surface area (Å²) >= 11 is 0. The van der Waals surface area contributed by atoms with Gasteiger partial charge in [-0.05, 0) is 43.7 Å². The lowest BCUT2D eigenvalue weighted by Crippen LogP contribution is -2.51. The quantitative estimate of drug-likeness (QED) is 0.795. The van der Waals surface area contributed by atoms with Crippen molar-refractivity contribution in [2.24, 2.45) is 5.41 Å². The van der Waals surface area contributed by atoms with E-state index in [4.69, 9.17) is 0 Å². The van der Waals surface area contributed by atoms with Gasteiger partial charge in [0.25, 0.3) is 5.91 Å². The predicted octanol–water partition coefficient (Wildman–Crippen LogP) is 1.86. The molecule has 0 aromatic carbocycles. The first-order valence-corrected chi connectivity index (χ1v) is 7.96. The highest BCUT2D eigenvalue weighted by atomic mass is 16.2. The molecule has 1 spiro atoms. The van der Waals surface area contributed by atoms with E-state index in [1.54, 1.807) is 6.07 Å². The van der Waals surface area contributed by atoms with Crippen LogP contribution in [0.25, 0.3) is 0 Å². The zero-order chi connectivity index (χ0) is 15.7. The van der Waals surface area contributed by atoms with E-state index < -0.39 is 0 Å². The number of hydrogen-bond acceptors (Lipinski definition) is 3. The zero-order valence-electron chi connectivity index (χ0n) is 13.3. The van der Waals surface area contributed by atoms with Crippen LogP contribution in [0.4, 0.5) is 0 Å². The van der Waals surface area contributed by atoms with Gasteiger partial charge in [0, 0.05) is 38.8 Å². The Balaban J connectivity index is 1.64. The first-order chi connectivity index (χ1) is 10.5. The van der Waals surface area contributed by atoms with Gasteiger partial charge in [-0.3, -0.25) is 9.59 Å². The molecule has 2 aliphatic heterocycles. The van der Waals surface area contributed by atoms with E-state index in [0.29, 0.717) is 12.1 Å². The van der Waals surface area contributed by atoms with Crippen molar-refractivity contribution in [2.75, 3.05) is 26.7 Å². The van der Waals surface area contributed by atoms with Crippen LogP contribution in [-0.2, 0) is 4.79 Å². The number of piperidine rings is 2. The lowest BCUT2D eigenvalue weighted by atomic mass is 9.72. The van der Waals surface area contributed by atoms with Gasteiger partial charge in [-0.1, -0.05) is 6.07 Å². The molecule has 2 saturated heterocycles. The van der Waals surface area contributed by atoms with Gasteiger partial charge in [-0.2, -0.15) is 0 Å². The minimum Gasteiger partial charge on any atom is -0.345 e. The second-order valence-electron chi connectivity index (χ2n) is 6.71. The van der Waals surface area contributed by atoms with Crippen LogP contribution in [0.15, 0.2) is 18.2 Å². The monoisotopic (exact) mass is 301 g/mol. The molecule has 0 N–H and O–H groups in total. The van der Waals surface area contributed by atoms with Crippen LogP contribution in [0.2, 0.25) is 0 Å². The van der Waals surface area contributed by atoms with Crippen LogP contribution >= 0.6 is 0 Å². The number of aryl methyl sites for hydroxylation is 1. The molecule has 0 atom stereocenters. The van der Waals surface area contributed by atoms with E-state index in [0.717, 1.165) is 44.6 Å². The predicted molar refractivity (Wildman–Crippen MR) is 83.4 cm³/mol. The fraction of sp³-hybridized carbons (Fsp3) is 0.588. The van der Waals surface area contributed by atoms with Gasteiger partial charge in [0.15, 0.2) is 0 Å². The Morgan fingerprint density at radius 3 is 2.59 bits per heavy atom. The third-order valence-corrected chi connectivity index (χ3v) is 5.09. The first-order valence-electron chi connectivity index (χ1n) is 7.96. The van der Waals surface area contributed by atoms with Crippen molar-refractivity contribution in [2.45, 2.75) is 32.6 Å². The third-order valence-electron chi connectivity index (χ3n) is 5.09. The maximum absolute atomic E-state index is 12.5. The third kappa shape index (κ3) is 2.85. The summed E-state index contributed by atoms with van der Waals surface area (Å²) in [5.41, 5.74) is 1.61. The molecule has 5 heteroatoms. The Morgan fingerprint density at radius 1 is 1.23 bits per heavy atom. The molecule has 3 heterocycles. The van der Waals surface area contributed by atoms with Crippen molar-refractivity contribution in [3.63, 3.8) is 0 Å². The van der Waals surface area contributed by atoms with Crippen molar-refractivity contribution in [1.29, 1.82) is 0 Å². The summed E-state index contributed by atoms with van der Waals surface area (Å²) in [5, 5.41) is 0. The van der Waals surface area contributed by atoms with E-state index in [1.165, 1.54) is 0 Å². The van der Waals surface area contributed by atoms with E-state index in [-0.39, 0.29) is 17.2 Å². The maximum Gasteiger partial charge on any atom is 0.272 e. The number of pyridine rings is 1. The smallest absolute Gasteiger partial charge is 0.272 e. The summed E-state index contributed by atoms with van der Waals surface area (Å²) in [4.78, 5) is 32.3. The normalized spacial score (nSPS) is 21.3. The topological polar surface area (TPSA) is 53.5 Å². The summed E-state index contributed by atoms with van der Waals surface area (Å²) < 4.78 is 0. The van der Waals surface area contributed by atoms with Crippen molar-refractivity contribution in [1.82, 2.24) is 14.8 Å². The number of rotatable bonds is 1. The molecule has 5 nitrogen and oxygen atoms in total. The molecule has 0 bridgehead atoms. The number of amides is 2. The molecule has 2 aliphatic rings. The molecule has 1 aromatic heterocycles. The number of carbonyl (C=O) groups excluding carboxylic acids is 2. The molecule has 22 heavy (non-hydrogen) atoms. The standard InChI is InChI=1S/C17H23N3O2/c1-13-4-3-5-14(18-13)16(22)20-10-8-17(9-11-20)7-6-15(21)19(2)12-17/h3-5H,6-12H2,1-2H3. The molecular formula is C17H23N3O2. The van der Waals surface area contributed by atoms with Gasteiger partial charge in [0.2, 0.25) is 5.91 Å². The van der Waals surface area contributed by atoms with Crippen LogP contribution < -0.4 is 0 Å². The number of hydrogen-bond donors (Lipinski definition) is 0. The lowest BCUT2D eigenvalue weighted by Gasteiger charge is -2.46. The van der Waals surface area contributed by atoms with Crippen molar-refractivity contribution >= 4 is 11.8 Å². The van der Waals surface area contributed by atoms with Gasteiger partial charge in [-0.25, -0.2) is 4.98 Å².